The molecule has 2 amide bonds. The second-order valence-electron chi connectivity index (χ2n) is 9.74. The van der Waals surface area contributed by atoms with Crippen molar-refractivity contribution in [2.45, 2.75) is 19.8 Å². The van der Waals surface area contributed by atoms with Gasteiger partial charge in [0.2, 0.25) is 5.91 Å². The summed E-state index contributed by atoms with van der Waals surface area (Å²) in [5, 5.41) is 7.61. The van der Waals surface area contributed by atoms with Crippen molar-refractivity contribution in [3.63, 3.8) is 0 Å². The van der Waals surface area contributed by atoms with E-state index in [4.69, 9.17) is 0 Å². The van der Waals surface area contributed by atoms with Gasteiger partial charge < -0.3 is 10.2 Å². The second kappa shape index (κ2) is 12.9. The summed E-state index contributed by atoms with van der Waals surface area (Å²) in [5.74, 6) is -0.490. The maximum absolute atomic E-state index is 13.6. The van der Waals surface area contributed by atoms with Crippen LogP contribution in [-0.4, -0.2) is 39.6 Å². The van der Waals surface area contributed by atoms with Crippen LogP contribution in [0.3, 0.4) is 0 Å². The Hall–Kier alpha value is -5.04. The zero-order chi connectivity index (χ0) is 28.6. The van der Waals surface area contributed by atoms with Crippen LogP contribution in [0.25, 0.3) is 28.1 Å². The van der Waals surface area contributed by atoms with Gasteiger partial charge in [-0.3, -0.25) is 9.59 Å². The number of nitrogens with one attached hydrogen (secondary N) is 1. The molecule has 5 rings (SSSR count). The van der Waals surface area contributed by atoms with Gasteiger partial charge in [-0.1, -0.05) is 86.1 Å². The van der Waals surface area contributed by atoms with E-state index in [9.17, 15) is 14.0 Å². The number of halogens is 1. The topological polar surface area (TPSA) is 67.2 Å². The van der Waals surface area contributed by atoms with Gasteiger partial charge in [-0.05, 0) is 53.9 Å². The fourth-order valence-corrected chi connectivity index (χ4v) is 4.57. The Bertz CT molecular complexity index is 1600. The van der Waals surface area contributed by atoms with Crippen molar-refractivity contribution in [1.82, 2.24) is 14.7 Å². The molecule has 0 bridgehead atoms. The highest BCUT2D eigenvalue weighted by molar-refractivity contribution is 5.99. The molecule has 0 radical (unpaired) electrons. The van der Waals surface area contributed by atoms with Gasteiger partial charge >= 0.3 is 0 Å². The molecule has 0 fully saturated rings. The van der Waals surface area contributed by atoms with Crippen molar-refractivity contribution >= 4 is 17.6 Å². The van der Waals surface area contributed by atoms with Crippen molar-refractivity contribution in [2.24, 2.45) is 0 Å². The number of nitrogens with zero attached hydrogens (tertiary/aromatic N) is 3. The minimum atomic E-state index is -0.364. The summed E-state index contributed by atoms with van der Waals surface area (Å²) in [5.41, 5.74) is 4.74. The lowest BCUT2D eigenvalue weighted by Gasteiger charge is -2.22. The Morgan fingerprint density at radius 2 is 1.41 bits per heavy atom. The van der Waals surface area contributed by atoms with Crippen LogP contribution in [0.5, 0.6) is 0 Å². The van der Waals surface area contributed by atoms with E-state index in [1.165, 1.54) is 12.1 Å². The number of carbonyl (C=O) groups is 2. The summed E-state index contributed by atoms with van der Waals surface area (Å²) < 4.78 is 15.2. The van der Waals surface area contributed by atoms with Crippen LogP contribution >= 0.6 is 0 Å². The van der Waals surface area contributed by atoms with E-state index in [0.717, 1.165) is 29.5 Å². The first-order valence-corrected chi connectivity index (χ1v) is 13.7. The molecule has 0 atom stereocenters. The van der Waals surface area contributed by atoms with Crippen LogP contribution in [0.15, 0.2) is 115 Å². The minimum Gasteiger partial charge on any atom is -0.329 e. The van der Waals surface area contributed by atoms with Crippen molar-refractivity contribution in [1.29, 1.82) is 0 Å². The second-order valence-corrected chi connectivity index (χ2v) is 9.74. The first-order valence-electron chi connectivity index (χ1n) is 13.7. The first-order chi connectivity index (χ1) is 20.0. The maximum Gasteiger partial charge on any atom is 0.254 e. The number of anilines is 1. The van der Waals surface area contributed by atoms with Crippen LogP contribution < -0.4 is 5.32 Å². The molecule has 0 aliphatic rings. The number of aromatic nitrogens is 2. The zero-order valence-electron chi connectivity index (χ0n) is 22.8. The average molecular weight is 547 g/mol. The fraction of sp³-hybridized carbons (Fsp3) is 0.147. The van der Waals surface area contributed by atoms with Gasteiger partial charge in [-0.15, -0.1) is 0 Å². The third-order valence-electron chi connectivity index (χ3n) is 6.76. The van der Waals surface area contributed by atoms with Crippen LogP contribution in [0.2, 0.25) is 0 Å². The minimum absolute atomic E-state index is 0.117. The highest BCUT2D eigenvalue weighted by atomic mass is 19.1. The van der Waals surface area contributed by atoms with Crippen LogP contribution in [0.1, 0.15) is 30.1 Å². The summed E-state index contributed by atoms with van der Waals surface area (Å²) >= 11 is 0. The smallest absolute Gasteiger partial charge is 0.254 e. The van der Waals surface area contributed by atoms with E-state index in [0.29, 0.717) is 29.3 Å². The molecular formula is C34H31FN4O2. The summed E-state index contributed by atoms with van der Waals surface area (Å²) in [4.78, 5) is 28.4. The van der Waals surface area contributed by atoms with Crippen molar-refractivity contribution < 1.29 is 14.0 Å². The molecule has 0 aliphatic carbocycles. The molecule has 0 unspecified atom stereocenters. The molecule has 41 heavy (non-hydrogen) atoms. The predicted molar refractivity (Wildman–Crippen MR) is 160 cm³/mol. The Morgan fingerprint density at radius 3 is 2.05 bits per heavy atom. The van der Waals surface area contributed by atoms with E-state index in [1.807, 2.05) is 79.7 Å². The molecule has 0 saturated carbocycles. The molecule has 0 spiro atoms. The normalized spacial score (nSPS) is 10.8. The van der Waals surface area contributed by atoms with Gasteiger partial charge in [0.1, 0.15) is 18.2 Å². The molecule has 1 aromatic heterocycles. The Morgan fingerprint density at radius 1 is 0.805 bits per heavy atom. The number of hydrogen-bond donors (Lipinski definition) is 1. The Balaban J connectivity index is 1.36. The molecule has 0 saturated heterocycles. The molecular weight excluding hydrogens is 515 g/mol. The number of carbonyl (C=O) groups excluding carboxylic acids is 2. The van der Waals surface area contributed by atoms with Crippen molar-refractivity contribution in [3.05, 3.63) is 127 Å². The number of hydrogen-bond acceptors (Lipinski definition) is 3. The van der Waals surface area contributed by atoms with Gasteiger partial charge in [0.05, 0.1) is 11.4 Å². The summed E-state index contributed by atoms with van der Waals surface area (Å²) in [6, 6.07) is 34.7. The van der Waals surface area contributed by atoms with Gasteiger partial charge in [-0.2, -0.15) is 5.10 Å². The van der Waals surface area contributed by atoms with Gasteiger partial charge in [0.15, 0.2) is 0 Å². The van der Waals surface area contributed by atoms with Crippen molar-refractivity contribution in [3.8, 4) is 28.1 Å². The highest BCUT2D eigenvalue weighted by Crippen LogP contribution is 2.25. The standard InChI is InChI=1S/C34H31FN4O2/c1-2-3-22-38(34(41)28-16-14-26(15-17-28)25-10-6-4-7-11-25)24-33(40)36-32-23-31(27-12-8-5-9-13-27)37-39(32)30-20-18-29(35)19-21-30/h4-21,23H,2-3,22,24H2,1H3,(H,36,40). The van der Waals surface area contributed by atoms with Crippen molar-refractivity contribution in [2.75, 3.05) is 18.4 Å². The zero-order valence-corrected chi connectivity index (χ0v) is 22.8. The quantitative estimate of drug-likeness (QED) is 0.201. The average Bonchev–Trinajstić information content (AvgIpc) is 3.43. The third-order valence-corrected chi connectivity index (χ3v) is 6.76. The Kier molecular flexibility index (Phi) is 8.64. The Labute approximate surface area is 239 Å². The SMILES string of the molecule is CCCCN(CC(=O)Nc1cc(-c2ccccc2)nn1-c1ccc(F)cc1)C(=O)c1ccc(-c2ccccc2)cc1. The van der Waals surface area contributed by atoms with Crippen LogP contribution in [-0.2, 0) is 4.79 Å². The monoisotopic (exact) mass is 546 g/mol. The lowest BCUT2D eigenvalue weighted by Crippen LogP contribution is -2.39. The van der Waals surface area contributed by atoms with Crippen LogP contribution in [0, 0.1) is 5.82 Å². The first kappa shape index (κ1) is 27.5. The van der Waals surface area contributed by atoms with E-state index in [-0.39, 0.29) is 24.2 Å². The van der Waals surface area contributed by atoms with Gasteiger partial charge in [0.25, 0.3) is 5.91 Å². The summed E-state index contributed by atoms with van der Waals surface area (Å²) in [6.07, 6.45) is 1.66. The predicted octanol–water partition coefficient (Wildman–Crippen LogP) is 7.23. The molecule has 1 N–H and O–H groups in total. The lowest BCUT2D eigenvalue weighted by molar-refractivity contribution is -0.117. The number of rotatable bonds is 10. The number of benzene rings is 4. The molecule has 6 nitrogen and oxygen atoms in total. The van der Waals surface area contributed by atoms with E-state index in [1.54, 1.807) is 39.9 Å². The molecule has 0 aliphatic heterocycles. The van der Waals surface area contributed by atoms with Crippen LogP contribution in [0.4, 0.5) is 10.2 Å². The number of amides is 2. The molecule has 7 heteroatoms. The lowest BCUT2D eigenvalue weighted by atomic mass is 10.0. The molecule has 206 valence electrons. The van der Waals surface area contributed by atoms with E-state index in [2.05, 4.69) is 10.4 Å². The maximum atomic E-state index is 13.6. The largest absolute Gasteiger partial charge is 0.329 e. The van der Waals surface area contributed by atoms with Gasteiger partial charge in [-0.25, -0.2) is 9.07 Å². The summed E-state index contributed by atoms with van der Waals surface area (Å²) in [7, 11) is 0. The third kappa shape index (κ3) is 6.76. The van der Waals surface area contributed by atoms with E-state index < -0.39 is 0 Å². The molecule has 1 heterocycles. The molecule has 4 aromatic carbocycles. The fourth-order valence-electron chi connectivity index (χ4n) is 4.57. The molecule has 5 aromatic rings. The highest BCUT2D eigenvalue weighted by Gasteiger charge is 2.21. The van der Waals surface area contributed by atoms with Gasteiger partial charge in [0, 0.05) is 23.7 Å². The number of unbranched alkanes of at least 4 members (excludes halogenated alkanes) is 1. The van der Waals surface area contributed by atoms with E-state index >= 15 is 0 Å². The summed E-state index contributed by atoms with van der Waals surface area (Å²) in [6.45, 7) is 2.38.